The van der Waals surface area contributed by atoms with Crippen LogP contribution in [0, 0.1) is 17.3 Å². The summed E-state index contributed by atoms with van der Waals surface area (Å²) in [6.07, 6.45) is 0. The second kappa shape index (κ2) is 3.92. The number of carbonyl (C=O) groups excluding carboxylic acids is 2. The maximum atomic E-state index is 12.4. The molecule has 2 amide bonds. The van der Waals surface area contributed by atoms with E-state index >= 15 is 0 Å². The van der Waals surface area contributed by atoms with Gasteiger partial charge in [-0.15, -0.1) is 0 Å². The molecule has 3 unspecified atom stereocenters. The first-order valence-corrected chi connectivity index (χ1v) is 7.27. The lowest BCUT2D eigenvalue weighted by molar-refractivity contribution is -0.145. The first-order chi connectivity index (χ1) is 8.85. The summed E-state index contributed by atoms with van der Waals surface area (Å²) in [6.45, 7) is 5.91. The highest BCUT2D eigenvalue weighted by molar-refractivity contribution is 9.10. The molecule has 0 bridgehead atoms. The van der Waals surface area contributed by atoms with Gasteiger partial charge in [0.15, 0.2) is 0 Å². The third-order valence-corrected chi connectivity index (χ3v) is 5.10. The molecule has 1 aliphatic heterocycles. The predicted molar refractivity (Wildman–Crippen MR) is 75.2 cm³/mol. The minimum Gasteiger partial charge on any atom is -0.275 e. The number of imide groups is 1. The number of halogens is 1. The van der Waals surface area contributed by atoms with Crippen molar-refractivity contribution >= 4 is 27.7 Å². The molecule has 0 N–H and O–H groups in total. The fraction of sp³-hybridized carbons (Fsp3) is 0.467. The fourth-order valence-electron chi connectivity index (χ4n) is 3.24. The van der Waals surface area contributed by atoms with E-state index in [0.29, 0.717) is 0 Å². The largest absolute Gasteiger partial charge is 0.275 e. The summed E-state index contributed by atoms with van der Waals surface area (Å²) >= 11 is 3.39. The molecule has 1 heterocycles. The van der Waals surface area contributed by atoms with Crippen LogP contribution in [0.5, 0.6) is 0 Å². The highest BCUT2D eigenvalue weighted by atomic mass is 79.9. The van der Waals surface area contributed by atoms with Gasteiger partial charge in [0.05, 0.1) is 17.9 Å². The van der Waals surface area contributed by atoms with Gasteiger partial charge in [-0.25, -0.2) is 0 Å². The van der Waals surface area contributed by atoms with Gasteiger partial charge in [-0.3, -0.25) is 14.5 Å². The molecule has 2 fully saturated rings. The van der Waals surface area contributed by atoms with E-state index in [1.54, 1.807) is 0 Å². The van der Waals surface area contributed by atoms with Crippen molar-refractivity contribution < 1.29 is 9.59 Å². The summed E-state index contributed by atoms with van der Waals surface area (Å²) < 4.78 is 0.992. The number of fused-ring (bicyclic) bond motifs is 1. The van der Waals surface area contributed by atoms with E-state index in [2.05, 4.69) is 15.9 Å². The number of amides is 2. The Morgan fingerprint density at radius 2 is 1.58 bits per heavy atom. The molecule has 19 heavy (non-hydrogen) atoms. The zero-order valence-corrected chi connectivity index (χ0v) is 12.8. The third kappa shape index (κ3) is 1.69. The van der Waals surface area contributed by atoms with E-state index in [4.69, 9.17) is 0 Å². The molecule has 0 aromatic heterocycles. The summed E-state index contributed by atoms with van der Waals surface area (Å²) in [5.74, 6) is -0.207. The first-order valence-electron chi connectivity index (χ1n) is 6.48. The monoisotopic (exact) mass is 321 g/mol. The smallest absolute Gasteiger partial charge is 0.234 e. The summed E-state index contributed by atoms with van der Waals surface area (Å²) in [6, 6.07) is 7.58. The van der Waals surface area contributed by atoms with Crippen LogP contribution < -0.4 is 0 Å². The van der Waals surface area contributed by atoms with Gasteiger partial charge in [0.2, 0.25) is 11.8 Å². The Bertz CT molecular complexity index is 540. The highest BCUT2D eigenvalue weighted by Gasteiger charge is 2.72. The number of hydrogen-bond acceptors (Lipinski definition) is 2. The zero-order valence-electron chi connectivity index (χ0n) is 11.2. The van der Waals surface area contributed by atoms with Crippen LogP contribution in [-0.2, 0) is 9.59 Å². The van der Waals surface area contributed by atoms with E-state index in [0.717, 1.165) is 10.0 Å². The molecular formula is C15H16BrNO2. The number of piperidine rings is 1. The van der Waals surface area contributed by atoms with E-state index in [-0.39, 0.29) is 35.1 Å². The molecule has 0 radical (unpaired) electrons. The Labute approximate surface area is 121 Å². The summed E-state index contributed by atoms with van der Waals surface area (Å²) in [7, 11) is 0. The number of hydrogen-bond donors (Lipinski definition) is 0. The fourth-order valence-corrected chi connectivity index (χ4v) is 3.50. The van der Waals surface area contributed by atoms with Crippen LogP contribution >= 0.6 is 15.9 Å². The van der Waals surface area contributed by atoms with E-state index in [1.165, 1.54) is 4.90 Å². The molecule has 4 heteroatoms. The minimum absolute atomic E-state index is 0.00424. The summed E-state index contributed by atoms with van der Waals surface area (Å²) in [5.41, 5.74) is 0.855. The van der Waals surface area contributed by atoms with Gasteiger partial charge < -0.3 is 0 Å². The van der Waals surface area contributed by atoms with Crippen molar-refractivity contribution in [2.75, 3.05) is 0 Å². The molecule has 2 aliphatic rings. The predicted octanol–water partition coefficient (Wildman–Crippen LogP) is 3.15. The van der Waals surface area contributed by atoms with Crippen LogP contribution in [0.3, 0.4) is 0 Å². The number of carbonyl (C=O) groups is 2. The topological polar surface area (TPSA) is 37.4 Å². The molecule has 1 aromatic carbocycles. The Morgan fingerprint density at radius 3 is 2.05 bits per heavy atom. The van der Waals surface area contributed by atoms with Crippen LogP contribution in [0.4, 0.5) is 0 Å². The maximum Gasteiger partial charge on any atom is 0.234 e. The van der Waals surface area contributed by atoms with Gasteiger partial charge in [-0.1, -0.05) is 41.9 Å². The van der Waals surface area contributed by atoms with Crippen molar-refractivity contribution in [3.63, 3.8) is 0 Å². The van der Waals surface area contributed by atoms with Crippen LogP contribution in [-0.4, -0.2) is 16.7 Å². The van der Waals surface area contributed by atoms with Crippen LogP contribution in [0.15, 0.2) is 28.7 Å². The van der Waals surface area contributed by atoms with Crippen molar-refractivity contribution in [3.8, 4) is 0 Å². The van der Waals surface area contributed by atoms with E-state index in [1.807, 2.05) is 45.0 Å². The van der Waals surface area contributed by atoms with Crippen LogP contribution in [0.25, 0.3) is 0 Å². The molecule has 0 spiro atoms. The Hall–Kier alpha value is -1.16. The van der Waals surface area contributed by atoms with Gasteiger partial charge in [-0.2, -0.15) is 0 Å². The molecule has 1 saturated carbocycles. The molecule has 1 aromatic rings. The van der Waals surface area contributed by atoms with Crippen molar-refractivity contribution in [2.24, 2.45) is 17.3 Å². The Balaban J connectivity index is 1.87. The third-order valence-electron chi connectivity index (χ3n) is 4.57. The summed E-state index contributed by atoms with van der Waals surface area (Å²) in [4.78, 5) is 26.1. The molecular weight excluding hydrogens is 306 g/mol. The number of likely N-dealkylation sites (tertiary alicyclic amines) is 1. The average Bonchev–Trinajstić information content (AvgIpc) is 2.80. The van der Waals surface area contributed by atoms with Crippen molar-refractivity contribution in [1.82, 2.24) is 4.90 Å². The number of nitrogens with zero attached hydrogens (tertiary/aromatic N) is 1. The Kier molecular flexibility index (Phi) is 2.65. The zero-order chi connectivity index (χ0) is 13.9. The number of rotatable bonds is 2. The summed E-state index contributed by atoms with van der Waals surface area (Å²) in [5, 5.41) is 0. The van der Waals surface area contributed by atoms with Gasteiger partial charge in [0, 0.05) is 4.47 Å². The maximum absolute atomic E-state index is 12.4. The molecule has 3 rings (SSSR count). The van der Waals surface area contributed by atoms with E-state index in [9.17, 15) is 9.59 Å². The van der Waals surface area contributed by atoms with Crippen molar-refractivity contribution in [1.29, 1.82) is 0 Å². The van der Waals surface area contributed by atoms with Crippen LogP contribution in [0.2, 0.25) is 0 Å². The first kappa shape index (κ1) is 12.9. The molecule has 100 valence electrons. The SMILES string of the molecule is CC(c1ccc(Br)cc1)N1C(=O)C2C(C1=O)C2(C)C. The van der Waals surface area contributed by atoms with E-state index < -0.39 is 0 Å². The van der Waals surface area contributed by atoms with Gasteiger partial charge >= 0.3 is 0 Å². The standard InChI is InChI=1S/C15H16BrNO2/c1-8(9-4-6-10(16)7-5-9)17-13(18)11-12(14(17)19)15(11,2)3/h4-8,11-12H,1-3H3. The molecule has 3 nitrogen and oxygen atoms in total. The average molecular weight is 322 g/mol. The molecule has 3 atom stereocenters. The molecule has 1 saturated heterocycles. The second-order valence-electron chi connectivity index (χ2n) is 6.05. The number of benzene rings is 1. The lowest BCUT2D eigenvalue weighted by atomic mass is 10.0. The second-order valence-corrected chi connectivity index (χ2v) is 6.97. The lowest BCUT2D eigenvalue weighted by Gasteiger charge is -2.27. The van der Waals surface area contributed by atoms with Gasteiger partial charge in [0.25, 0.3) is 0 Å². The van der Waals surface area contributed by atoms with Crippen molar-refractivity contribution in [3.05, 3.63) is 34.3 Å². The van der Waals surface area contributed by atoms with Crippen molar-refractivity contribution in [2.45, 2.75) is 26.8 Å². The normalized spacial score (nSPS) is 29.4. The lowest BCUT2D eigenvalue weighted by Crippen LogP contribution is -2.38. The molecule has 1 aliphatic carbocycles. The quantitative estimate of drug-likeness (QED) is 0.785. The van der Waals surface area contributed by atoms with Gasteiger partial charge in [-0.05, 0) is 30.0 Å². The van der Waals surface area contributed by atoms with Crippen LogP contribution in [0.1, 0.15) is 32.4 Å². The minimum atomic E-state index is -0.184. The highest BCUT2D eigenvalue weighted by Crippen LogP contribution is 2.64. The Morgan fingerprint density at radius 1 is 1.11 bits per heavy atom. The van der Waals surface area contributed by atoms with Gasteiger partial charge in [0.1, 0.15) is 0 Å².